The molecule has 1 aliphatic heterocycles. The molecule has 1 saturated heterocycles. The molecule has 3 aliphatic rings. The Balaban J connectivity index is 1.83. The molecule has 2 aliphatic carbocycles. The lowest BCUT2D eigenvalue weighted by atomic mass is 10.0. The third-order valence-electron chi connectivity index (χ3n) is 6.87. The van der Waals surface area contributed by atoms with Crippen LogP contribution in [0, 0.1) is 18.2 Å². The molecule has 3 fully saturated rings. The van der Waals surface area contributed by atoms with Crippen LogP contribution in [-0.2, 0) is 0 Å². The van der Waals surface area contributed by atoms with Gasteiger partial charge in [-0.15, -0.1) is 0 Å². The van der Waals surface area contributed by atoms with E-state index >= 15 is 4.39 Å². The fourth-order valence-electron chi connectivity index (χ4n) is 4.83. The van der Waals surface area contributed by atoms with E-state index in [1.807, 2.05) is 4.90 Å². The van der Waals surface area contributed by atoms with Gasteiger partial charge in [0.1, 0.15) is 11.3 Å². The molecule has 5 rings (SSSR count). The zero-order valence-electron chi connectivity index (χ0n) is 16.5. The van der Waals surface area contributed by atoms with E-state index in [2.05, 4.69) is 0 Å². The maximum atomic E-state index is 15.6. The first-order chi connectivity index (χ1) is 13.8. The van der Waals surface area contributed by atoms with E-state index in [4.69, 9.17) is 10.5 Å². The zero-order valence-corrected chi connectivity index (χ0v) is 16.5. The van der Waals surface area contributed by atoms with E-state index < -0.39 is 17.2 Å². The SMILES string of the molecule is COc1c(N2C[C@H](N)C3(CC3)C2)c(F)c(C)c2c(=O)c(C(=O)O)cn(C3CC3)c12. The molecule has 0 unspecified atom stereocenters. The number of hydrogen-bond donors (Lipinski definition) is 2. The summed E-state index contributed by atoms with van der Waals surface area (Å²) in [7, 11) is 1.46. The van der Waals surface area contributed by atoms with Crippen LogP contribution in [0.15, 0.2) is 11.0 Å². The second kappa shape index (κ2) is 5.95. The molecule has 1 spiro atoms. The number of carboxylic acids is 1. The fraction of sp³-hybridized carbons (Fsp3) is 0.524. The van der Waals surface area contributed by atoms with Crippen LogP contribution in [0.5, 0.6) is 5.75 Å². The fourth-order valence-corrected chi connectivity index (χ4v) is 4.83. The Bertz CT molecular complexity index is 1120. The predicted octanol–water partition coefficient (Wildman–Crippen LogP) is 2.42. The van der Waals surface area contributed by atoms with Crippen LogP contribution >= 0.6 is 0 Å². The molecular formula is C21H24FN3O4. The van der Waals surface area contributed by atoms with E-state index in [0.29, 0.717) is 24.3 Å². The maximum Gasteiger partial charge on any atom is 0.341 e. The maximum absolute atomic E-state index is 15.6. The van der Waals surface area contributed by atoms with E-state index in [-0.39, 0.29) is 39.8 Å². The summed E-state index contributed by atoms with van der Waals surface area (Å²) in [5, 5.41) is 9.58. The molecule has 0 radical (unpaired) electrons. The van der Waals surface area contributed by atoms with Crippen molar-refractivity contribution >= 4 is 22.6 Å². The highest BCUT2D eigenvalue weighted by molar-refractivity contribution is 5.99. The second-order valence-electron chi connectivity index (χ2n) is 8.71. The lowest BCUT2D eigenvalue weighted by molar-refractivity contribution is 0.0695. The number of pyridine rings is 1. The van der Waals surface area contributed by atoms with Crippen molar-refractivity contribution in [2.24, 2.45) is 11.1 Å². The predicted molar refractivity (Wildman–Crippen MR) is 107 cm³/mol. The minimum absolute atomic E-state index is 0.0254. The number of aromatic carboxylic acids is 1. The average molecular weight is 401 g/mol. The smallest absolute Gasteiger partial charge is 0.341 e. The van der Waals surface area contributed by atoms with Gasteiger partial charge in [0.2, 0.25) is 5.43 Å². The molecule has 0 bridgehead atoms. The van der Waals surface area contributed by atoms with Crippen molar-refractivity contribution in [3.8, 4) is 5.75 Å². The number of carboxylic acid groups (broad SMARTS) is 1. The van der Waals surface area contributed by atoms with Crippen LogP contribution in [0.2, 0.25) is 0 Å². The van der Waals surface area contributed by atoms with Crippen LogP contribution in [0.4, 0.5) is 10.1 Å². The summed E-state index contributed by atoms with van der Waals surface area (Å²) >= 11 is 0. The topological polar surface area (TPSA) is 97.8 Å². The monoisotopic (exact) mass is 401 g/mol. The van der Waals surface area contributed by atoms with Crippen molar-refractivity contribution < 1.29 is 19.0 Å². The Hall–Kier alpha value is -2.61. The first-order valence-corrected chi connectivity index (χ1v) is 9.98. The second-order valence-corrected chi connectivity index (χ2v) is 8.71. The molecule has 29 heavy (non-hydrogen) atoms. The molecule has 2 aromatic rings. The van der Waals surface area contributed by atoms with Gasteiger partial charge in [-0.3, -0.25) is 4.79 Å². The molecule has 2 saturated carbocycles. The quantitative estimate of drug-likeness (QED) is 0.817. The standard InChI is InChI=1S/C21H24FN3O4/c1-10-14-16(25(11-3-4-11)7-12(18(14)26)20(27)28)19(29-2)17(15(10)22)24-8-13(23)21(9-24)5-6-21/h7,11,13H,3-6,8-9,23H2,1-2H3,(H,27,28)/t13-/m0/s1. The number of aryl methyl sites for hydroxylation is 1. The Morgan fingerprint density at radius 3 is 2.59 bits per heavy atom. The number of aromatic nitrogens is 1. The highest BCUT2D eigenvalue weighted by atomic mass is 19.1. The van der Waals surface area contributed by atoms with Crippen molar-refractivity contribution in [2.45, 2.75) is 44.7 Å². The summed E-state index contributed by atoms with van der Waals surface area (Å²) in [6.07, 6.45) is 5.21. The van der Waals surface area contributed by atoms with E-state index in [1.165, 1.54) is 20.2 Å². The number of anilines is 1. The van der Waals surface area contributed by atoms with Crippen molar-refractivity contribution in [2.75, 3.05) is 25.1 Å². The third kappa shape index (κ3) is 2.51. The Labute approximate surface area is 166 Å². The Kier molecular flexibility index (Phi) is 3.78. The number of nitrogens with two attached hydrogens (primary N) is 1. The number of rotatable bonds is 4. The van der Waals surface area contributed by atoms with Crippen molar-refractivity contribution in [3.05, 3.63) is 33.4 Å². The number of hydrogen-bond acceptors (Lipinski definition) is 5. The van der Waals surface area contributed by atoms with Gasteiger partial charge in [0, 0.05) is 42.3 Å². The number of fused-ring (bicyclic) bond motifs is 1. The lowest BCUT2D eigenvalue weighted by Gasteiger charge is -2.26. The third-order valence-corrected chi connectivity index (χ3v) is 6.87. The molecule has 0 amide bonds. The van der Waals surface area contributed by atoms with E-state index in [9.17, 15) is 14.7 Å². The number of benzene rings is 1. The van der Waals surface area contributed by atoms with Crippen LogP contribution in [-0.4, -0.2) is 41.9 Å². The van der Waals surface area contributed by atoms with E-state index in [1.54, 1.807) is 4.57 Å². The van der Waals surface area contributed by atoms with Crippen LogP contribution in [0.25, 0.3) is 10.9 Å². The van der Waals surface area contributed by atoms with Crippen LogP contribution < -0.4 is 20.8 Å². The number of carbonyl (C=O) groups is 1. The summed E-state index contributed by atoms with van der Waals surface area (Å²) in [4.78, 5) is 26.5. The van der Waals surface area contributed by atoms with E-state index in [0.717, 1.165) is 25.7 Å². The number of nitrogens with zero attached hydrogens (tertiary/aromatic N) is 2. The number of ether oxygens (including phenoxy) is 1. The molecule has 154 valence electrons. The molecular weight excluding hydrogens is 377 g/mol. The highest BCUT2D eigenvalue weighted by Crippen LogP contribution is 2.54. The minimum atomic E-state index is -1.31. The number of halogens is 1. The highest BCUT2D eigenvalue weighted by Gasteiger charge is 2.54. The average Bonchev–Trinajstić information content (AvgIpc) is 3.58. The molecule has 1 atom stereocenters. The largest absolute Gasteiger partial charge is 0.492 e. The summed E-state index contributed by atoms with van der Waals surface area (Å²) in [6.45, 7) is 2.72. The Morgan fingerprint density at radius 2 is 2.07 bits per heavy atom. The normalized spacial score (nSPS) is 22.5. The van der Waals surface area contributed by atoms with Crippen LogP contribution in [0.3, 0.4) is 0 Å². The lowest BCUT2D eigenvalue weighted by Crippen LogP contribution is -2.30. The molecule has 1 aromatic heterocycles. The van der Waals surface area contributed by atoms with Crippen molar-refractivity contribution in [3.63, 3.8) is 0 Å². The minimum Gasteiger partial charge on any atom is -0.492 e. The van der Waals surface area contributed by atoms with Gasteiger partial charge >= 0.3 is 5.97 Å². The molecule has 7 nitrogen and oxygen atoms in total. The first-order valence-electron chi connectivity index (χ1n) is 9.98. The first kappa shape index (κ1) is 18.4. The van der Waals surface area contributed by atoms with Gasteiger partial charge in [-0.25, -0.2) is 9.18 Å². The molecule has 1 aromatic carbocycles. The zero-order chi connectivity index (χ0) is 20.7. The molecule has 2 heterocycles. The molecule has 3 N–H and O–H groups in total. The van der Waals surface area contributed by atoms with Gasteiger partial charge in [0.15, 0.2) is 11.6 Å². The summed E-state index contributed by atoms with van der Waals surface area (Å²) < 4.78 is 23.1. The van der Waals surface area contributed by atoms with Gasteiger partial charge < -0.3 is 25.0 Å². The number of methoxy groups -OCH3 is 1. The summed E-state index contributed by atoms with van der Waals surface area (Å²) in [6, 6.07) is 0.0565. The van der Waals surface area contributed by atoms with Crippen molar-refractivity contribution in [1.29, 1.82) is 0 Å². The van der Waals surface area contributed by atoms with Gasteiger partial charge in [0.05, 0.1) is 18.0 Å². The van der Waals surface area contributed by atoms with Gasteiger partial charge in [0.25, 0.3) is 0 Å². The van der Waals surface area contributed by atoms with Crippen molar-refractivity contribution in [1.82, 2.24) is 4.57 Å². The van der Waals surface area contributed by atoms with Gasteiger partial charge in [-0.1, -0.05) is 0 Å². The molecule has 8 heteroatoms. The summed E-state index contributed by atoms with van der Waals surface area (Å²) in [5.74, 6) is -1.56. The van der Waals surface area contributed by atoms with Gasteiger partial charge in [-0.05, 0) is 32.6 Å². The summed E-state index contributed by atoms with van der Waals surface area (Å²) in [5.41, 5.74) is 6.32. The van der Waals surface area contributed by atoms with Crippen LogP contribution in [0.1, 0.15) is 47.6 Å². The van der Waals surface area contributed by atoms with Gasteiger partial charge in [-0.2, -0.15) is 0 Å². The Morgan fingerprint density at radius 1 is 1.38 bits per heavy atom.